The third-order valence-electron chi connectivity index (χ3n) is 8.48. The Kier molecular flexibility index (Phi) is 26.9. The Morgan fingerprint density at radius 2 is 0.949 bits per heavy atom. The van der Waals surface area contributed by atoms with Crippen LogP contribution in [0.15, 0.2) is 0 Å². The number of aliphatic hydroxyl groups excluding tert-OH is 1. The summed E-state index contributed by atoms with van der Waals surface area (Å²) in [5, 5.41) is 62.6. The van der Waals surface area contributed by atoms with Crippen LogP contribution >= 0.6 is 11.8 Å². The van der Waals surface area contributed by atoms with Gasteiger partial charge in [0.1, 0.15) is 30.2 Å². The molecule has 0 saturated carbocycles. The zero-order valence-corrected chi connectivity index (χ0v) is 34.1. The largest absolute Gasteiger partial charge is 0.481 e. The van der Waals surface area contributed by atoms with Gasteiger partial charge in [-0.2, -0.15) is 11.8 Å². The van der Waals surface area contributed by atoms with Crippen LogP contribution in [0.3, 0.4) is 0 Å². The van der Waals surface area contributed by atoms with Gasteiger partial charge in [-0.05, 0) is 76.8 Å². The van der Waals surface area contributed by atoms with Crippen molar-refractivity contribution in [2.75, 3.05) is 32.1 Å². The summed E-state index contributed by atoms with van der Waals surface area (Å²) in [5.41, 5.74) is 21.4. The summed E-state index contributed by atoms with van der Waals surface area (Å²) in [6.07, 6.45) is -1.53. The molecule has 0 aliphatic carbocycles. The first-order valence-electron chi connectivity index (χ1n) is 18.7. The van der Waals surface area contributed by atoms with Crippen LogP contribution in [0.2, 0.25) is 0 Å². The second-order valence-electron chi connectivity index (χ2n) is 13.3. The van der Waals surface area contributed by atoms with E-state index < -0.39 is 103 Å². The van der Waals surface area contributed by atoms with E-state index in [1.54, 1.807) is 6.26 Å². The molecule has 0 radical (unpaired) electrons. The van der Waals surface area contributed by atoms with Gasteiger partial charge in [0.2, 0.25) is 41.4 Å². The van der Waals surface area contributed by atoms with E-state index in [2.05, 4.69) is 42.5 Å². The Labute approximate surface area is 345 Å². The fourth-order valence-corrected chi connectivity index (χ4v) is 5.76. The lowest BCUT2D eigenvalue weighted by molar-refractivity contribution is -0.138. The lowest BCUT2D eigenvalue weighted by Crippen LogP contribution is -2.59. The molecule has 21 N–H and O–H groups in total. The third-order valence-corrected chi connectivity index (χ3v) is 9.12. The Hall–Kier alpha value is -5.47. The molecular formula is C33H62N14O11S. The molecule has 0 bridgehead atoms. The number of amides is 7. The lowest BCUT2D eigenvalue weighted by Gasteiger charge is -2.27. The van der Waals surface area contributed by atoms with E-state index in [0.29, 0.717) is 5.75 Å². The van der Waals surface area contributed by atoms with Crippen molar-refractivity contribution in [1.82, 2.24) is 42.5 Å². The first-order valence-corrected chi connectivity index (χ1v) is 20.1. The molecule has 26 heteroatoms. The maximum Gasteiger partial charge on any atom is 0.303 e. The molecule has 0 aliphatic heterocycles. The highest BCUT2D eigenvalue weighted by Gasteiger charge is 2.33. The minimum atomic E-state index is -1.71. The summed E-state index contributed by atoms with van der Waals surface area (Å²) in [5.74, 6) is -7.74. The SMILES string of the molecule is CN[C@@H](CCC(O)O)C(=O)N[C@@H](CCC(=O)O)C(=O)N[C@@H](CCSC)C(=O)N[C@@H](CCC(N)=O)C(=O)N[C@@H](CCCNC(=N)N)C(=O)N[C@@H](CCCNC(=N)N)C(N)=O. The van der Waals surface area contributed by atoms with E-state index in [4.69, 9.17) is 33.8 Å². The first kappa shape index (κ1) is 53.5. The predicted octanol–water partition coefficient (Wildman–Crippen LogP) is -6.02. The number of aliphatic carboxylic acids is 1. The van der Waals surface area contributed by atoms with Gasteiger partial charge in [-0.25, -0.2) is 0 Å². The second kappa shape index (κ2) is 29.7. The molecule has 0 aliphatic rings. The standard InChI is InChI=1S/C33H62N14O11S/c1-40-18(8-11-24(49)50)27(54)45-21(9-12-25(51)52)30(57)47-22(13-16-59-2)31(58)46-20(7-10-23(34)48)29(56)44-19(6-4-15-42-33(38)39)28(55)43-17(26(35)53)5-3-14-41-32(36)37/h17-22,24,40,49-50H,3-16H2,1-2H3,(H2,34,48)(H2,35,53)(H,43,55)(H,44,56)(H,45,54)(H,46,58)(H,47,57)(H,51,52)(H4,36,37,41)(H4,38,39,42)/t17-,18-,19-,20-,21-,22-/m0/s1. The van der Waals surface area contributed by atoms with Crippen molar-refractivity contribution >= 4 is 71.0 Å². The van der Waals surface area contributed by atoms with Crippen molar-refractivity contribution in [2.24, 2.45) is 22.9 Å². The van der Waals surface area contributed by atoms with E-state index in [1.807, 2.05) is 0 Å². The predicted molar refractivity (Wildman–Crippen MR) is 216 cm³/mol. The molecule has 0 rings (SSSR count). The quantitative estimate of drug-likeness (QED) is 0.0130. The molecule has 59 heavy (non-hydrogen) atoms. The fraction of sp³-hybridized carbons (Fsp3) is 0.697. The number of nitrogens with one attached hydrogen (secondary N) is 10. The summed E-state index contributed by atoms with van der Waals surface area (Å²) in [6.45, 7) is 0.302. The van der Waals surface area contributed by atoms with E-state index in [0.717, 1.165) is 0 Å². The molecule has 336 valence electrons. The normalized spacial score (nSPS) is 13.9. The molecule has 0 aromatic rings. The summed E-state index contributed by atoms with van der Waals surface area (Å²) < 4.78 is 0. The molecule has 0 fully saturated rings. The number of hydrogen-bond acceptors (Lipinski definition) is 14. The first-order chi connectivity index (χ1) is 27.7. The Morgan fingerprint density at radius 1 is 0.559 bits per heavy atom. The molecule has 0 saturated heterocycles. The number of thioether (sulfide) groups is 1. The number of rotatable bonds is 32. The van der Waals surface area contributed by atoms with Crippen LogP contribution in [0.5, 0.6) is 0 Å². The van der Waals surface area contributed by atoms with Crippen molar-refractivity contribution in [1.29, 1.82) is 10.8 Å². The van der Waals surface area contributed by atoms with E-state index >= 15 is 0 Å². The van der Waals surface area contributed by atoms with E-state index in [9.17, 15) is 53.7 Å². The monoisotopic (exact) mass is 862 g/mol. The zero-order chi connectivity index (χ0) is 45.1. The van der Waals surface area contributed by atoms with Crippen molar-refractivity contribution in [2.45, 2.75) is 113 Å². The average Bonchev–Trinajstić information content (AvgIpc) is 3.14. The number of guanidine groups is 2. The van der Waals surface area contributed by atoms with Gasteiger partial charge in [0.25, 0.3) is 0 Å². The van der Waals surface area contributed by atoms with Gasteiger partial charge in [0.05, 0.1) is 6.04 Å². The number of hydrogen-bond donors (Lipinski definition) is 17. The van der Waals surface area contributed by atoms with Gasteiger partial charge >= 0.3 is 5.97 Å². The molecule has 25 nitrogen and oxygen atoms in total. The number of carboxylic acids is 1. The minimum Gasteiger partial charge on any atom is -0.481 e. The minimum absolute atomic E-state index is 0.0132. The number of nitrogens with two attached hydrogens (primary N) is 4. The smallest absolute Gasteiger partial charge is 0.303 e. The summed E-state index contributed by atoms with van der Waals surface area (Å²) in [6, 6.07) is -7.88. The third kappa shape index (κ3) is 24.8. The van der Waals surface area contributed by atoms with Gasteiger partial charge in [-0.15, -0.1) is 0 Å². The summed E-state index contributed by atoms with van der Waals surface area (Å²) in [4.78, 5) is 103. The Bertz CT molecular complexity index is 1440. The Morgan fingerprint density at radius 3 is 1.32 bits per heavy atom. The molecule has 0 spiro atoms. The fourth-order valence-electron chi connectivity index (χ4n) is 5.29. The summed E-state index contributed by atoms with van der Waals surface area (Å²) >= 11 is 1.31. The van der Waals surface area contributed by atoms with Crippen LogP contribution in [0.1, 0.15) is 70.6 Å². The molecule has 0 aromatic carbocycles. The van der Waals surface area contributed by atoms with Crippen LogP contribution in [0.4, 0.5) is 0 Å². The van der Waals surface area contributed by atoms with Crippen LogP contribution in [-0.2, 0) is 38.4 Å². The number of carboxylic acid groups (broad SMARTS) is 1. The summed E-state index contributed by atoms with van der Waals surface area (Å²) in [7, 11) is 1.42. The highest BCUT2D eigenvalue weighted by atomic mass is 32.2. The van der Waals surface area contributed by atoms with Gasteiger partial charge in [0, 0.05) is 25.9 Å². The van der Waals surface area contributed by atoms with Gasteiger partial charge in [-0.1, -0.05) is 0 Å². The zero-order valence-electron chi connectivity index (χ0n) is 33.3. The topological polar surface area (TPSA) is 445 Å². The molecule has 6 atom stereocenters. The molecular weight excluding hydrogens is 801 g/mol. The van der Waals surface area contributed by atoms with Gasteiger partial charge < -0.3 is 80.8 Å². The maximum atomic E-state index is 13.8. The van der Waals surface area contributed by atoms with Crippen LogP contribution in [0, 0.1) is 10.8 Å². The molecule has 0 unspecified atom stereocenters. The molecule has 7 amide bonds. The number of likely N-dealkylation sites (N-methyl/N-ethyl adjacent to an activating group) is 1. The lowest BCUT2D eigenvalue weighted by atomic mass is 10.0. The number of aliphatic hydroxyl groups is 2. The van der Waals surface area contributed by atoms with Crippen molar-refractivity contribution in [3.05, 3.63) is 0 Å². The molecule has 0 aromatic heterocycles. The average molecular weight is 863 g/mol. The second-order valence-corrected chi connectivity index (χ2v) is 14.3. The highest BCUT2D eigenvalue weighted by Crippen LogP contribution is 2.09. The highest BCUT2D eigenvalue weighted by molar-refractivity contribution is 7.98. The number of primary amides is 2. The van der Waals surface area contributed by atoms with E-state index in [1.165, 1.54) is 18.8 Å². The van der Waals surface area contributed by atoms with Crippen molar-refractivity contribution in [3.8, 4) is 0 Å². The molecule has 0 heterocycles. The Balaban J connectivity index is 6.38. The van der Waals surface area contributed by atoms with Crippen molar-refractivity contribution < 1.29 is 53.7 Å². The van der Waals surface area contributed by atoms with Gasteiger partial charge in [-0.3, -0.25) is 49.2 Å². The van der Waals surface area contributed by atoms with Crippen LogP contribution < -0.4 is 65.5 Å². The maximum absolute atomic E-state index is 13.8. The van der Waals surface area contributed by atoms with Crippen molar-refractivity contribution in [3.63, 3.8) is 0 Å². The number of carbonyl (C=O) groups excluding carboxylic acids is 7. The van der Waals surface area contributed by atoms with Gasteiger partial charge in [0.15, 0.2) is 18.2 Å². The van der Waals surface area contributed by atoms with Crippen LogP contribution in [0.25, 0.3) is 0 Å². The van der Waals surface area contributed by atoms with E-state index in [-0.39, 0.29) is 82.8 Å². The van der Waals surface area contributed by atoms with Crippen LogP contribution in [-0.4, -0.2) is 149 Å². The number of carbonyl (C=O) groups is 8.